The van der Waals surface area contributed by atoms with E-state index in [2.05, 4.69) is 10.00 Å². The van der Waals surface area contributed by atoms with Crippen LogP contribution in [0.3, 0.4) is 0 Å². The third-order valence-corrected chi connectivity index (χ3v) is 3.34. The number of aliphatic hydroxyl groups excluding tert-OH is 1. The first-order valence-corrected chi connectivity index (χ1v) is 6.18. The molecule has 1 unspecified atom stereocenters. The molecule has 1 atom stereocenters. The van der Waals surface area contributed by atoms with Crippen molar-refractivity contribution in [2.24, 2.45) is 12.8 Å². The number of nitrogens with two attached hydrogens (primary N) is 1. The molecule has 0 aromatic carbocycles. The molecule has 1 aromatic heterocycles. The predicted molar refractivity (Wildman–Crippen MR) is 71.3 cm³/mol. The van der Waals surface area contributed by atoms with Crippen molar-refractivity contribution in [3.05, 3.63) is 11.3 Å². The number of β-amino-alcohol motifs (C(OH)–C–C–N with tert-alkyl or cyclic N) is 1. The van der Waals surface area contributed by atoms with Crippen molar-refractivity contribution in [3.63, 3.8) is 0 Å². The van der Waals surface area contributed by atoms with Gasteiger partial charge in [0.15, 0.2) is 0 Å². The van der Waals surface area contributed by atoms with Gasteiger partial charge in [0, 0.05) is 20.1 Å². The van der Waals surface area contributed by atoms with Crippen LogP contribution in [0.4, 0.5) is 5.82 Å². The fourth-order valence-corrected chi connectivity index (χ4v) is 2.68. The van der Waals surface area contributed by atoms with Gasteiger partial charge >= 0.3 is 0 Å². The summed E-state index contributed by atoms with van der Waals surface area (Å²) < 4.78 is 1.79. The minimum Gasteiger partial charge on any atom is -0.391 e. The van der Waals surface area contributed by atoms with Crippen LogP contribution >= 0.6 is 12.2 Å². The normalized spacial score (nSPS) is 20.6. The first kappa shape index (κ1) is 12.3. The highest BCUT2D eigenvalue weighted by Crippen LogP contribution is 2.26. The number of hydrogen-bond acceptors (Lipinski definition) is 4. The van der Waals surface area contributed by atoms with E-state index in [0.29, 0.717) is 11.5 Å². The molecule has 0 radical (unpaired) electrons. The van der Waals surface area contributed by atoms with Crippen molar-refractivity contribution in [2.45, 2.75) is 25.9 Å². The Balaban J connectivity index is 2.40. The van der Waals surface area contributed by atoms with Crippen molar-refractivity contribution < 1.29 is 5.11 Å². The van der Waals surface area contributed by atoms with Crippen LogP contribution in [0.1, 0.15) is 24.1 Å². The van der Waals surface area contributed by atoms with Crippen molar-refractivity contribution >= 4 is 23.0 Å². The van der Waals surface area contributed by atoms with Gasteiger partial charge in [-0.2, -0.15) is 5.10 Å². The number of thiocarbonyl (C=S) groups is 1. The maximum absolute atomic E-state index is 9.73. The lowest BCUT2D eigenvalue weighted by Crippen LogP contribution is -2.40. The second kappa shape index (κ2) is 4.62. The van der Waals surface area contributed by atoms with Gasteiger partial charge in [0.05, 0.1) is 17.4 Å². The Morgan fingerprint density at radius 3 is 2.88 bits per heavy atom. The second-order valence-corrected chi connectivity index (χ2v) is 4.95. The zero-order chi connectivity index (χ0) is 12.6. The van der Waals surface area contributed by atoms with E-state index >= 15 is 0 Å². The predicted octanol–water partition coefficient (Wildman–Crippen LogP) is 0.324. The summed E-state index contributed by atoms with van der Waals surface area (Å²) in [4.78, 5) is 2.48. The van der Waals surface area contributed by atoms with Crippen LogP contribution in [0.25, 0.3) is 0 Å². The van der Waals surface area contributed by atoms with E-state index in [9.17, 15) is 5.11 Å². The Labute approximate surface area is 106 Å². The average molecular weight is 254 g/mol. The summed E-state index contributed by atoms with van der Waals surface area (Å²) >= 11 is 5.08. The van der Waals surface area contributed by atoms with Crippen molar-refractivity contribution in [1.29, 1.82) is 0 Å². The van der Waals surface area contributed by atoms with Gasteiger partial charge in [0.1, 0.15) is 10.8 Å². The molecule has 1 aliphatic rings. The molecule has 5 nitrogen and oxygen atoms in total. The van der Waals surface area contributed by atoms with E-state index in [1.807, 2.05) is 14.0 Å². The maximum atomic E-state index is 9.73. The number of anilines is 1. The smallest absolute Gasteiger partial charge is 0.137 e. The van der Waals surface area contributed by atoms with Gasteiger partial charge in [0.25, 0.3) is 0 Å². The molecular formula is C11H18N4OS. The number of rotatable bonds is 2. The lowest BCUT2D eigenvalue weighted by molar-refractivity contribution is 0.153. The summed E-state index contributed by atoms with van der Waals surface area (Å²) in [5.41, 5.74) is 7.43. The van der Waals surface area contributed by atoms with Crippen LogP contribution in [0.2, 0.25) is 0 Å². The van der Waals surface area contributed by atoms with Crippen LogP contribution in [-0.2, 0) is 7.05 Å². The average Bonchev–Trinajstić information content (AvgIpc) is 2.53. The number of aliphatic hydroxyl groups is 1. The molecule has 0 amide bonds. The monoisotopic (exact) mass is 254 g/mol. The molecule has 0 bridgehead atoms. The van der Waals surface area contributed by atoms with Crippen molar-refractivity contribution in [2.75, 3.05) is 18.0 Å². The van der Waals surface area contributed by atoms with Gasteiger partial charge < -0.3 is 15.7 Å². The maximum Gasteiger partial charge on any atom is 0.137 e. The number of aryl methyl sites for hydroxylation is 2. The molecule has 2 rings (SSSR count). The first-order chi connectivity index (χ1) is 8.00. The Kier molecular flexibility index (Phi) is 3.35. The van der Waals surface area contributed by atoms with Crippen LogP contribution in [0, 0.1) is 6.92 Å². The van der Waals surface area contributed by atoms with E-state index < -0.39 is 0 Å². The fourth-order valence-electron chi connectivity index (χ4n) is 2.44. The number of aromatic nitrogens is 2. The summed E-state index contributed by atoms with van der Waals surface area (Å²) in [6, 6.07) is 0. The van der Waals surface area contributed by atoms with Gasteiger partial charge in [-0.25, -0.2) is 0 Å². The molecule has 0 saturated carbocycles. The highest BCUT2D eigenvalue weighted by molar-refractivity contribution is 7.80. The number of nitrogens with zero attached hydrogens (tertiary/aromatic N) is 3. The van der Waals surface area contributed by atoms with Gasteiger partial charge in [0.2, 0.25) is 0 Å². The van der Waals surface area contributed by atoms with E-state index in [1.165, 1.54) is 0 Å². The number of hydrogen-bond donors (Lipinski definition) is 2. The zero-order valence-electron chi connectivity index (χ0n) is 10.2. The summed E-state index contributed by atoms with van der Waals surface area (Å²) in [7, 11) is 1.88. The Bertz CT molecular complexity index is 443. The molecule has 94 valence electrons. The molecule has 0 spiro atoms. The third-order valence-electron chi connectivity index (χ3n) is 3.13. The zero-order valence-corrected chi connectivity index (χ0v) is 11.0. The van der Waals surface area contributed by atoms with Crippen LogP contribution < -0.4 is 10.6 Å². The van der Waals surface area contributed by atoms with Crippen LogP contribution in [0.15, 0.2) is 0 Å². The second-order valence-electron chi connectivity index (χ2n) is 4.51. The minimum atomic E-state index is -0.279. The molecule has 1 aromatic rings. The van der Waals surface area contributed by atoms with Crippen LogP contribution in [-0.4, -0.2) is 39.1 Å². The topological polar surface area (TPSA) is 67.3 Å². The molecule has 1 aliphatic heterocycles. The quantitative estimate of drug-likeness (QED) is 0.744. The summed E-state index contributed by atoms with van der Waals surface area (Å²) in [5.74, 6) is 0.925. The van der Waals surface area contributed by atoms with E-state index in [0.717, 1.165) is 36.5 Å². The van der Waals surface area contributed by atoms with E-state index in [4.69, 9.17) is 18.0 Å². The lowest BCUT2D eigenvalue weighted by atomic mass is 10.1. The van der Waals surface area contributed by atoms with Gasteiger partial charge in [-0.15, -0.1) is 0 Å². The van der Waals surface area contributed by atoms with E-state index in [1.54, 1.807) is 4.68 Å². The van der Waals surface area contributed by atoms with Crippen LogP contribution in [0.5, 0.6) is 0 Å². The van der Waals surface area contributed by atoms with Gasteiger partial charge in [-0.3, -0.25) is 4.68 Å². The lowest BCUT2D eigenvalue weighted by Gasteiger charge is -2.32. The SMILES string of the molecule is Cc1nn(C)c(N2CCCC(O)C2)c1C(N)=S. The third kappa shape index (κ3) is 2.28. The molecule has 2 heterocycles. The molecule has 17 heavy (non-hydrogen) atoms. The van der Waals surface area contributed by atoms with Crippen molar-refractivity contribution in [3.8, 4) is 0 Å². The highest BCUT2D eigenvalue weighted by atomic mass is 32.1. The summed E-state index contributed by atoms with van der Waals surface area (Å²) in [6.45, 7) is 3.43. The molecular weight excluding hydrogens is 236 g/mol. The highest BCUT2D eigenvalue weighted by Gasteiger charge is 2.25. The fraction of sp³-hybridized carbons (Fsp3) is 0.636. The molecule has 6 heteroatoms. The Morgan fingerprint density at radius 1 is 1.59 bits per heavy atom. The Hall–Kier alpha value is -1.14. The largest absolute Gasteiger partial charge is 0.391 e. The minimum absolute atomic E-state index is 0.279. The molecule has 0 aliphatic carbocycles. The van der Waals surface area contributed by atoms with Gasteiger partial charge in [-0.1, -0.05) is 12.2 Å². The molecule has 3 N–H and O–H groups in total. The van der Waals surface area contributed by atoms with E-state index in [-0.39, 0.29) is 6.10 Å². The Morgan fingerprint density at radius 2 is 2.29 bits per heavy atom. The first-order valence-electron chi connectivity index (χ1n) is 5.77. The molecule has 1 saturated heterocycles. The summed E-state index contributed by atoms with van der Waals surface area (Å²) in [5, 5.41) is 14.1. The molecule has 1 fully saturated rings. The van der Waals surface area contributed by atoms with Gasteiger partial charge in [-0.05, 0) is 19.8 Å². The number of piperidine rings is 1. The standard InChI is InChI=1S/C11H18N4OS/c1-7-9(10(12)17)11(14(2)13-7)15-5-3-4-8(16)6-15/h8,16H,3-6H2,1-2H3,(H2,12,17). The summed E-state index contributed by atoms with van der Waals surface area (Å²) in [6.07, 6.45) is 1.55. The van der Waals surface area contributed by atoms with Crippen molar-refractivity contribution in [1.82, 2.24) is 9.78 Å².